The van der Waals surface area contributed by atoms with Crippen molar-refractivity contribution in [2.45, 2.75) is 75.5 Å². The van der Waals surface area contributed by atoms with E-state index in [9.17, 15) is 25.5 Å². The Hall–Kier alpha value is -0.320. The van der Waals surface area contributed by atoms with E-state index in [-0.39, 0.29) is 18.4 Å². The lowest BCUT2D eigenvalue weighted by Crippen LogP contribution is -2.59. The topological polar surface area (TPSA) is 140 Å². The quantitative estimate of drug-likeness (QED) is 0.347. The molecule has 8 nitrogen and oxygen atoms in total. The van der Waals surface area contributed by atoms with Crippen LogP contribution in [0.15, 0.2) is 0 Å². The van der Waals surface area contributed by atoms with Gasteiger partial charge in [0.25, 0.3) is 0 Å². The molecule has 0 aromatic rings. The van der Waals surface area contributed by atoms with E-state index < -0.39 is 49.0 Å². The molecule has 142 valence electrons. The van der Waals surface area contributed by atoms with Crippen LogP contribution in [-0.2, 0) is 9.47 Å². The first-order valence-electron chi connectivity index (χ1n) is 8.50. The Labute approximate surface area is 141 Å². The summed E-state index contributed by atoms with van der Waals surface area (Å²) in [6.45, 7) is 3.30. The van der Waals surface area contributed by atoms with Crippen LogP contribution >= 0.6 is 0 Å². The molecule has 1 aliphatic carbocycles. The third-order valence-corrected chi connectivity index (χ3v) is 5.44. The molecular formula is C16H30O8. The number of aliphatic hydroxyl groups excluding tert-OH is 5. The lowest BCUT2D eigenvalue weighted by atomic mass is 9.73. The van der Waals surface area contributed by atoms with Crippen molar-refractivity contribution in [3.8, 4) is 0 Å². The first-order chi connectivity index (χ1) is 11.2. The monoisotopic (exact) mass is 350 g/mol. The molecule has 0 bridgehead atoms. The predicted molar refractivity (Wildman–Crippen MR) is 82.9 cm³/mol. The van der Waals surface area contributed by atoms with Gasteiger partial charge in [-0.1, -0.05) is 6.92 Å². The third kappa shape index (κ3) is 4.25. The van der Waals surface area contributed by atoms with Gasteiger partial charge in [-0.3, -0.25) is 0 Å². The molecule has 0 unspecified atom stereocenters. The summed E-state index contributed by atoms with van der Waals surface area (Å²) >= 11 is 0. The van der Waals surface area contributed by atoms with Crippen LogP contribution in [0, 0.1) is 11.8 Å². The van der Waals surface area contributed by atoms with Crippen LogP contribution in [0.4, 0.5) is 0 Å². The van der Waals surface area contributed by atoms with Gasteiger partial charge in [-0.05, 0) is 38.0 Å². The molecular weight excluding hydrogens is 320 g/mol. The summed E-state index contributed by atoms with van der Waals surface area (Å²) in [7, 11) is 0. The SMILES string of the molecule is C[C@@H](CO[C@@H]1O[C@H](CO)[C@@H](O)[C@H](O)[C@H]1O)[C@@H]1CC[C@](C)(O)[C@@H](O)C1. The van der Waals surface area contributed by atoms with Crippen LogP contribution in [0.3, 0.4) is 0 Å². The maximum absolute atomic E-state index is 10.0. The molecule has 2 rings (SSSR count). The van der Waals surface area contributed by atoms with E-state index in [4.69, 9.17) is 14.6 Å². The maximum Gasteiger partial charge on any atom is 0.186 e. The van der Waals surface area contributed by atoms with E-state index in [1.54, 1.807) is 6.92 Å². The van der Waals surface area contributed by atoms with Gasteiger partial charge in [-0.15, -0.1) is 0 Å². The van der Waals surface area contributed by atoms with Crippen LogP contribution < -0.4 is 0 Å². The van der Waals surface area contributed by atoms with Gasteiger partial charge in [0, 0.05) is 0 Å². The molecule has 0 aromatic carbocycles. The van der Waals surface area contributed by atoms with E-state index >= 15 is 0 Å². The zero-order chi connectivity index (χ0) is 18.1. The average molecular weight is 350 g/mol. The zero-order valence-corrected chi connectivity index (χ0v) is 14.2. The number of hydrogen-bond acceptors (Lipinski definition) is 8. The highest BCUT2D eigenvalue weighted by Gasteiger charge is 2.44. The summed E-state index contributed by atoms with van der Waals surface area (Å²) in [5, 5.41) is 58.6. The summed E-state index contributed by atoms with van der Waals surface area (Å²) in [6.07, 6.45) is -5.46. The Morgan fingerprint density at radius 2 is 1.83 bits per heavy atom. The smallest absolute Gasteiger partial charge is 0.186 e. The summed E-state index contributed by atoms with van der Waals surface area (Å²) in [6, 6.07) is 0. The maximum atomic E-state index is 10.0. The van der Waals surface area contributed by atoms with Gasteiger partial charge in [0.15, 0.2) is 6.29 Å². The normalized spacial score (nSPS) is 48.2. The van der Waals surface area contributed by atoms with Crippen molar-refractivity contribution in [1.29, 1.82) is 0 Å². The van der Waals surface area contributed by atoms with Crippen LogP contribution in [-0.4, -0.2) is 86.3 Å². The molecule has 2 fully saturated rings. The second kappa shape index (κ2) is 7.92. The lowest BCUT2D eigenvalue weighted by molar-refractivity contribution is -0.304. The molecule has 24 heavy (non-hydrogen) atoms. The molecule has 0 amide bonds. The van der Waals surface area contributed by atoms with E-state index in [2.05, 4.69) is 0 Å². The Kier molecular flexibility index (Phi) is 6.60. The van der Waals surface area contributed by atoms with Gasteiger partial charge in [-0.2, -0.15) is 0 Å². The molecule has 2 aliphatic rings. The number of ether oxygens (including phenoxy) is 2. The third-order valence-electron chi connectivity index (χ3n) is 5.44. The second-order valence-corrected chi connectivity index (χ2v) is 7.42. The van der Waals surface area contributed by atoms with Gasteiger partial charge in [0.05, 0.1) is 24.9 Å². The summed E-state index contributed by atoms with van der Waals surface area (Å²) in [4.78, 5) is 0. The fourth-order valence-electron chi connectivity index (χ4n) is 3.41. The van der Waals surface area contributed by atoms with Crippen molar-refractivity contribution < 1.29 is 40.1 Å². The summed E-state index contributed by atoms with van der Waals surface area (Å²) < 4.78 is 10.9. The molecule has 0 radical (unpaired) electrons. The van der Waals surface area contributed by atoms with E-state index in [0.29, 0.717) is 12.8 Å². The van der Waals surface area contributed by atoms with E-state index in [0.717, 1.165) is 6.42 Å². The van der Waals surface area contributed by atoms with E-state index in [1.165, 1.54) is 0 Å². The van der Waals surface area contributed by atoms with Gasteiger partial charge in [0.1, 0.15) is 24.4 Å². The molecule has 6 N–H and O–H groups in total. The van der Waals surface area contributed by atoms with Crippen molar-refractivity contribution in [3.63, 3.8) is 0 Å². The average Bonchev–Trinajstić information content (AvgIpc) is 2.54. The molecule has 8 heteroatoms. The lowest BCUT2D eigenvalue weighted by Gasteiger charge is -2.42. The fraction of sp³-hybridized carbons (Fsp3) is 1.00. The van der Waals surface area contributed by atoms with Crippen LogP contribution in [0.5, 0.6) is 0 Å². The predicted octanol–water partition coefficient (Wildman–Crippen LogP) is -1.65. The molecule has 1 heterocycles. The highest BCUT2D eigenvalue weighted by Crippen LogP contribution is 2.36. The van der Waals surface area contributed by atoms with Crippen molar-refractivity contribution in [2.24, 2.45) is 11.8 Å². The summed E-state index contributed by atoms with van der Waals surface area (Å²) in [5.74, 6) is 0.202. The van der Waals surface area contributed by atoms with Gasteiger partial charge >= 0.3 is 0 Å². The van der Waals surface area contributed by atoms with Crippen LogP contribution in [0.1, 0.15) is 33.1 Å². The first kappa shape index (κ1) is 20.0. The Bertz CT molecular complexity index is 402. The minimum Gasteiger partial charge on any atom is -0.394 e. The van der Waals surface area contributed by atoms with Crippen LogP contribution in [0.2, 0.25) is 0 Å². The number of aliphatic hydroxyl groups is 6. The standard InChI is InChI=1S/C16H30O8/c1-8(9-3-4-16(2,22)11(18)5-9)7-23-15-14(21)13(20)12(19)10(6-17)24-15/h8-15,17-22H,3-7H2,1-2H3/t8-,9+,10+,11-,12+,13-,14+,15+,16-/m0/s1. The molecule has 1 saturated heterocycles. The van der Waals surface area contributed by atoms with E-state index in [1.807, 2.05) is 6.92 Å². The largest absolute Gasteiger partial charge is 0.394 e. The molecule has 1 saturated carbocycles. The highest BCUT2D eigenvalue weighted by atomic mass is 16.7. The molecule has 9 atom stereocenters. The second-order valence-electron chi connectivity index (χ2n) is 7.42. The Balaban J connectivity index is 1.86. The summed E-state index contributed by atoms with van der Waals surface area (Å²) in [5.41, 5.74) is -1.06. The number of rotatable bonds is 5. The van der Waals surface area contributed by atoms with Crippen molar-refractivity contribution >= 4 is 0 Å². The van der Waals surface area contributed by atoms with Crippen molar-refractivity contribution in [3.05, 3.63) is 0 Å². The van der Waals surface area contributed by atoms with Crippen molar-refractivity contribution in [2.75, 3.05) is 13.2 Å². The Morgan fingerprint density at radius 3 is 2.42 bits per heavy atom. The van der Waals surface area contributed by atoms with Gasteiger partial charge < -0.3 is 40.1 Å². The minimum absolute atomic E-state index is 0.0446. The molecule has 1 aliphatic heterocycles. The van der Waals surface area contributed by atoms with Gasteiger partial charge in [0.2, 0.25) is 0 Å². The first-order valence-corrected chi connectivity index (χ1v) is 8.50. The highest BCUT2D eigenvalue weighted by molar-refractivity contribution is 4.91. The minimum atomic E-state index is -1.46. The molecule has 0 aromatic heterocycles. The molecule has 0 spiro atoms. The fourth-order valence-corrected chi connectivity index (χ4v) is 3.41. The zero-order valence-electron chi connectivity index (χ0n) is 14.2. The van der Waals surface area contributed by atoms with Crippen LogP contribution in [0.25, 0.3) is 0 Å². The Morgan fingerprint density at radius 1 is 1.17 bits per heavy atom. The number of hydrogen-bond donors (Lipinski definition) is 6. The van der Waals surface area contributed by atoms with Crippen molar-refractivity contribution in [1.82, 2.24) is 0 Å². The van der Waals surface area contributed by atoms with Gasteiger partial charge in [-0.25, -0.2) is 0 Å².